The lowest BCUT2D eigenvalue weighted by atomic mass is 9.89. The first-order chi connectivity index (χ1) is 9.36. The van der Waals surface area contributed by atoms with E-state index >= 15 is 0 Å². The van der Waals surface area contributed by atoms with Gasteiger partial charge in [0.2, 0.25) is 0 Å². The van der Waals surface area contributed by atoms with E-state index in [0.29, 0.717) is 12.1 Å². The zero-order valence-electron chi connectivity index (χ0n) is 11.1. The summed E-state index contributed by atoms with van der Waals surface area (Å²) in [5, 5.41) is 3.60. The number of ether oxygens (including phenoxy) is 1. The Bertz CT molecular complexity index is 518. The number of rotatable bonds is 5. The van der Waals surface area contributed by atoms with E-state index in [2.05, 4.69) is 35.4 Å². The molecule has 0 bridgehead atoms. The van der Waals surface area contributed by atoms with Crippen LogP contribution in [0, 0.1) is 0 Å². The molecule has 1 aliphatic carbocycles. The summed E-state index contributed by atoms with van der Waals surface area (Å²) >= 11 is 0. The van der Waals surface area contributed by atoms with Crippen molar-refractivity contribution in [3.8, 4) is 5.69 Å². The summed E-state index contributed by atoms with van der Waals surface area (Å²) in [7, 11) is 0. The molecule has 1 aromatic carbocycles. The van der Waals surface area contributed by atoms with Gasteiger partial charge < -0.3 is 14.6 Å². The lowest BCUT2D eigenvalue weighted by Gasteiger charge is -2.36. The Balaban J connectivity index is 1.69. The second-order valence-electron chi connectivity index (χ2n) is 4.88. The summed E-state index contributed by atoms with van der Waals surface area (Å²) in [6.45, 7) is 2.86. The third kappa shape index (κ3) is 2.63. The maximum absolute atomic E-state index is 5.59. The van der Waals surface area contributed by atoms with Crippen LogP contribution in [0.15, 0.2) is 43.0 Å². The van der Waals surface area contributed by atoms with Gasteiger partial charge in [0, 0.05) is 25.0 Å². The van der Waals surface area contributed by atoms with Crippen molar-refractivity contribution in [2.75, 3.05) is 11.9 Å². The maximum Gasteiger partial charge on any atom is 0.0992 e. The molecule has 1 aromatic heterocycles. The minimum atomic E-state index is 0.433. The summed E-state index contributed by atoms with van der Waals surface area (Å²) in [6.07, 6.45) is 8.20. The molecule has 1 aliphatic rings. The van der Waals surface area contributed by atoms with Crippen LogP contribution >= 0.6 is 0 Å². The fourth-order valence-corrected chi connectivity index (χ4v) is 2.50. The number of benzene rings is 1. The molecule has 19 heavy (non-hydrogen) atoms. The second-order valence-corrected chi connectivity index (χ2v) is 4.88. The molecule has 100 valence electrons. The highest BCUT2D eigenvalue weighted by atomic mass is 16.5. The minimum Gasteiger partial charge on any atom is -0.380 e. The van der Waals surface area contributed by atoms with Gasteiger partial charge in [-0.05, 0) is 31.9 Å². The highest BCUT2D eigenvalue weighted by Crippen LogP contribution is 2.29. The van der Waals surface area contributed by atoms with Crippen LogP contribution in [-0.2, 0) is 4.74 Å². The van der Waals surface area contributed by atoms with E-state index in [1.54, 1.807) is 6.20 Å². The first-order valence-electron chi connectivity index (χ1n) is 6.82. The van der Waals surface area contributed by atoms with E-state index < -0.39 is 0 Å². The zero-order chi connectivity index (χ0) is 13.1. The molecule has 4 nitrogen and oxygen atoms in total. The quantitative estimate of drug-likeness (QED) is 0.895. The Morgan fingerprint density at radius 1 is 1.37 bits per heavy atom. The summed E-state index contributed by atoms with van der Waals surface area (Å²) in [5.41, 5.74) is 2.29. The standard InChI is InChI=1S/C15H19N3O/c1-2-19-13-9-12(10-13)17-14-5-3-4-6-15(14)18-8-7-16-11-18/h3-8,11-13,17H,2,9-10H2,1H3. The summed E-state index contributed by atoms with van der Waals surface area (Å²) < 4.78 is 7.62. The van der Waals surface area contributed by atoms with Gasteiger partial charge in [-0.1, -0.05) is 12.1 Å². The van der Waals surface area contributed by atoms with E-state index in [4.69, 9.17) is 4.74 Å². The Morgan fingerprint density at radius 3 is 2.95 bits per heavy atom. The number of hydrogen-bond donors (Lipinski definition) is 1. The van der Waals surface area contributed by atoms with Crippen molar-refractivity contribution in [2.24, 2.45) is 0 Å². The predicted molar refractivity (Wildman–Crippen MR) is 75.6 cm³/mol. The van der Waals surface area contributed by atoms with Crippen molar-refractivity contribution >= 4 is 5.69 Å². The van der Waals surface area contributed by atoms with Crippen LogP contribution in [0.1, 0.15) is 19.8 Å². The Morgan fingerprint density at radius 2 is 2.21 bits per heavy atom. The molecule has 1 fully saturated rings. The molecule has 0 atom stereocenters. The molecule has 3 rings (SSSR count). The normalized spacial score (nSPS) is 21.9. The summed E-state index contributed by atoms with van der Waals surface area (Å²) in [6, 6.07) is 8.83. The molecule has 0 radical (unpaired) electrons. The molecule has 0 saturated heterocycles. The van der Waals surface area contributed by atoms with E-state index in [9.17, 15) is 0 Å². The number of imidazole rings is 1. The number of nitrogens with zero attached hydrogens (tertiary/aromatic N) is 2. The van der Waals surface area contributed by atoms with Gasteiger partial charge in [0.05, 0.1) is 23.8 Å². The van der Waals surface area contributed by atoms with E-state index in [1.807, 2.05) is 23.2 Å². The van der Waals surface area contributed by atoms with Gasteiger partial charge in [0.25, 0.3) is 0 Å². The van der Waals surface area contributed by atoms with Gasteiger partial charge in [-0.25, -0.2) is 4.98 Å². The predicted octanol–water partition coefficient (Wildman–Crippen LogP) is 2.85. The maximum atomic E-state index is 5.59. The molecule has 4 heteroatoms. The van der Waals surface area contributed by atoms with Gasteiger partial charge in [-0.3, -0.25) is 0 Å². The molecule has 0 unspecified atom stereocenters. The number of para-hydroxylation sites is 2. The fourth-order valence-electron chi connectivity index (χ4n) is 2.50. The van der Waals surface area contributed by atoms with Crippen LogP contribution in [0.25, 0.3) is 5.69 Å². The Labute approximate surface area is 113 Å². The van der Waals surface area contributed by atoms with Crippen LogP contribution in [0.2, 0.25) is 0 Å². The van der Waals surface area contributed by atoms with Crippen LogP contribution in [-0.4, -0.2) is 28.3 Å². The van der Waals surface area contributed by atoms with Crippen molar-refractivity contribution in [3.05, 3.63) is 43.0 Å². The van der Waals surface area contributed by atoms with E-state index in [0.717, 1.165) is 30.8 Å². The van der Waals surface area contributed by atoms with Gasteiger partial charge in [-0.2, -0.15) is 0 Å². The fraction of sp³-hybridized carbons (Fsp3) is 0.400. The average molecular weight is 257 g/mol. The van der Waals surface area contributed by atoms with E-state index in [1.165, 1.54) is 0 Å². The van der Waals surface area contributed by atoms with Crippen molar-refractivity contribution in [2.45, 2.75) is 31.9 Å². The highest BCUT2D eigenvalue weighted by molar-refractivity contribution is 5.61. The highest BCUT2D eigenvalue weighted by Gasteiger charge is 2.29. The monoisotopic (exact) mass is 257 g/mol. The van der Waals surface area contributed by atoms with Gasteiger partial charge in [0.1, 0.15) is 0 Å². The molecule has 0 aliphatic heterocycles. The minimum absolute atomic E-state index is 0.433. The molecule has 1 N–H and O–H groups in total. The number of nitrogens with one attached hydrogen (secondary N) is 1. The molecule has 2 aromatic rings. The largest absolute Gasteiger partial charge is 0.380 e. The number of aromatic nitrogens is 2. The van der Waals surface area contributed by atoms with Crippen LogP contribution in [0.5, 0.6) is 0 Å². The topological polar surface area (TPSA) is 39.1 Å². The van der Waals surface area contributed by atoms with Crippen molar-refractivity contribution in [3.63, 3.8) is 0 Å². The molecular weight excluding hydrogens is 238 g/mol. The van der Waals surface area contributed by atoms with Gasteiger partial charge >= 0.3 is 0 Å². The molecule has 0 spiro atoms. The number of hydrogen-bond acceptors (Lipinski definition) is 3. The summed E-state index contributed by atoms with van der Waals surface area (Å²) in [4.78, 5) is 4.10. The van der Waals surface area contributed by atoms with Crippen molar-refractivity contribution < 1.29 is 4.74 Å². The Kier molecular flexibility index (Phi) is 3.51. The van der Waals surface area contributed by atoms with Gasteiger partial charge in [-0.15, -0.1) is 0 Å². The number of anilines is 1. The van der Waals surface area contributed by atoms with Crippen LogP contribution in [0.3, 0.4) is 0 Å². The third-order valence-corrected chi connectivity index (χ3v) is 3.54. The van der Waals surface area contributed by atoms with Crippen LogP contribution in [0.4, 0.5) is 5.69 Å². The lowest BCUT2D eigenvalue weighted by molar-refractivity contribution is 0.00299. The Hall–Kier alpha value is -1.81. The first-order valence-corrected chi connectivity index (χ1v) is 6.82. The molecule has 0 amide bonds. The smallest absolute Gasteiger partial charge is 0.0992 e. The van der Waals surface area contributed by atoms with Crippen molar-refractivity contribution in [1.82, 2.24) is 9.55 Å². The second kappa shape index (κ2) is 5.45. The van der Waals surface area contributed by atoms with Crippen LogP contribution < -0.4 is 5.32 Å². The molecular formula is C15H19N3O. The molecule has 1 saturated carbocycles. The lowest BCUT2D eigenvalue weighted by Crippen LogP contribution is -2.41. The van der Waals surface area contributed by atoms with E-state index in [-0.39, 0.29) is 0 Å². The van der Waals surface area contributed by atoms with Crippen molar-refractivity contribution in [1.29, 1.82) is 0 Å². The average Bonchev–Trinajstić information content (AvgIpc) is 2.91. The van der Waals surface area contributed by atoms with Gasteiger partial charge in [0.15, 0.2) is 0 Å². The SMILES string of the molecule is CCOC1CC(Nc2ccccc2-n2ccnc2)C1. The first kappa shape index (κ1) is 12.2. The molecule has 1 heterocycles. The summed E-state index contributed by atoms with van der Waals surface area (Å²) in [5.74, 6) is 0. The third-order valence-electron chi connectivity index (χ3n) is 3.54. The zero-order valence-corrected chi connectivity index (χ0v) is 11.1.